The van der Waals surface area contributed by atoms with Gasteiger partial charge in [-0.1, -0.05) is 32.6 Å². The number of nitrogens with zero attached hydrogens (tertiary/aromatic N) is 1. The molecular weight excluding hydrogens is 390 g/mol. The monoisotopic (exact) mass is 431 g/mol. The zero-order valence-corrected chi connectivity index (χ0v) is 20.2. The van der Waals surface area contributed by atoms with Crippen LogP contribution in [-0.2, 0) is 6.42 Å². The Kier molecular flexibility index (Phi) is 9.39. The van der Waals surface area contributed by atoms with E-state index in [1.807, 2.05) is 26.8 Å². The number of unbranched alkanes of at least 4 members (excludes halogenated alkanes) is 6. The van der Waals surface area contributed by atoms with Crippen LogP contribution in [-0.4, -0.2) is 15.6 Å². The van der Waals surface area contributed by atoms with Crippen LogP contribution in [0.1, 0.15) is 107 Å². The van der Waals surface area contributed by atoms with Gasteiger partial charge in [-0.05, 0) is 95.4 Å². The first-order valence-corrected chi connectivity index (χ1v) is 12.0. The Labute approximate surface area is 188 Å². The van der Waals surface area contributed by atoms with Crippen LogP contribution in [0, 0.1) is 30.9 Å². The maximum Gasteiger partial charge on any atom is 0.242 e. The van der Waals surface area contributed by atoms with Crippen LogP contribution in [0.2, 0.25) is 0 Å². The summed E-state index contributed by atoms with van der Waals surface area (Å²) >= 11 is 0. The van der Waals surface area contributed by atoms with Gasteiger partial charge in [0.2, 0.25) is 5.70 Å². The zero-order chi connectivity index (χ0) is 23.0. The van der Waals surface area contributed by atoms with Crippen LogP contribution in [0.3, 0.4) is 0 Å². The van der Waals surface area contributed by atoms with Crippen LogP contribution < -0.4 is 4.74 Å². The number of allylic oxidation sites excluding steroid dienone is 2. The number of nitro groups is 1. The number of phenolic OH excluding ortho intramolecular Hbond substituents is 1. The maximum absolute atomic E-state index is 11.4. The third-order valence-corrected chi connectivity index (χ3v) is 6.90. The van der Waals surface area contributed by atoms with E-state index < -0.39 is 0 Å². The minimum Gasteiger partial charge on any atom is -0.507 e. The van der Waals surface area contributed by atoms with Crippen molar-refractivity contribution in [1.82, 2.24) is 0 Å². The molecule has 1 aliphatic heterocycles. The maximum atomic E-state index is 11.4. The number of ether oxygens (including phenoxy) is 1. The van der Waals surface area contributed by atoms with Crippen molar-refractivity contribution in [2.24, 2.45) is 0 Å². The highest BCUT2D eigenvalue weighted by atomic mass is 16.6. The molecule has 1 unspecified atom stereocenters. The second-order valence-electron chi connectivity index (χ2n) is 9.45. The highest BCUT2D eigenvalue weighted by Gasteiger charge is 2.34. The van der Waals surface area contributed by atoms with Crippen molar-refractivity contribution in [3.63, 3.8) is 0 Å². The molecule has 0 amide bonds. The summed E-state index contributed by atoms with van der Waals surface area (Å²) in [5.74, 6) is 1.31. The van der Waals surface area contributed by atoms with Crippen molar-refractivity contribution in [3.8, 4) is 11.5 Å². The molecule has 0 radical (unpaired) electrons. The van der Waals surface area contributed by atoms with Gasteiger partial charge in [-0.3, -0.25) is 10.1 Å². The van der Waals surface area contributed by atoms with E-state index in [1.54, 1.807) is 0 Å². The number of benzene rings is 1. The van der Waals surface area contributed by atoms with E-state index in [2.05, 4.69) is 13.8 Å². The molecule has 0 bridgehead atoms. The van der Waals surface area contributed by atoms with Gasteiger partial charge in [0, 0.05) is 12.0 Å². The van der Waals surface area contributed by atoms with Crippen molar-refractivity contribution < 1.29 is 14.8 Å². The van der Waals surface area contributed by atoms with Gasteiger partial charge in [0.15, 0.2) is 0 Å². The molecule has 0 saturated heterocycles. The molecule has 1 aromatic carbocycles. The van der Waals surface area contributed by atoms with Crippen LogP contribution in [0.4, 0.5) is 0 Å². The fourth-order valence-electron chi connectivity index (χ4n) is 4.56. The third-order valence-electron chi connectivity index (χ3n) is 6.90. The summed E-state index contributed by atoms with van der Waals surface area (Å²) in [6.45, 7) is 10.2. The van der Waals surface area contributed by atoms with Crippen LogP contribution >= 0.6 is 0 Å². The van der Waals surface area contributed by atoms with Crippen molar-refractivity contribution in [3.05, 3.63) is 44.1 Å². The minimum atomic E-state index is -0.259. The van der Waals surface area contributed by atoms with Crippen LogP contribution in [0.5, 0.6) is 11.5 Å². The Morgan fingerprint density at radius 1 is 1.10 bits per heavy atom. The first-order valence-electron chi connectivity index (χ1n) is 12.0. The quantitative estimate of drug-likeness (QED) is 0.211. The molecule has 0 spiro atoms. The minimum absolute atomic E-state index is 0.206. The van der Waals surface area contributed by atoms with Crippen molar-refractivity contribution in [2.75, 3.05) is 0 Å². The predicted molar refractivity (Wildman–Crippen MR) is 127 cm³/mol. The molecule has 0 aromatic heterocycles. The van der Waals surface area contributed by atoms with E-state index in [0.717, 1.165) is 79.4 Å². The summed E-state index contributed by atoms with van der Waals surface area (Å²) in [6, 6.07) is 0. The first-order chi connectivity index (χ1) is 14.7. The van der Waals surface area contributed by atoms with Crippen molar-refractivity contribution >= 4 is 0 Å². The standard InChI is InChI=1S/C26H41NO4/c1-6-7-8-9-10-11-14-22(27(29)30)15-12-13-17-26(5)18-16-23-21(4)24(28)19(2)20(3)25(23)31-26/h14,28H,6-13,15-18H2,1-5H3/b22-14-. The van der Waals surface area contributed by atoms with Gasteiger partial charge in [-0.25, -0.2) is 0 Å². The molecule has 5 nitrogen and oxygen atoms in total. The fourth-order valence-corrected chi connectivity index (χ4v) is 4.56. The molecule has 2 rings (SSSR count). The van der Waals surface area contributed by atoms with Gasteiger partial charge in [0.25, 0.3) is 0 Å². The molecule has 31 heavy (non-hydrogen) atoms. The number of phenols is 1. The molecule has 0 aliphatic carbocycles. The number of hydrogen-bond donors (Lipinski definition) is 1. The molecule has 0 saturated carbocycles. The van der Waals surface area contributed by atoms with Crippen LogP contribution in [0.15, 0.2) is 11.8 Å². The first kappa shape index (κ1) is 25.2. The number of hydrogen-bond acceptors (Lipinski definition) is 4. The molecule has 0 fully saturated rings. The molecule has 1 aliphatic rings. The summed E-state index contributed by atoms with van der Waals surface area (Å²) in [5, 5.41) is 21.7. The topological polar surface area (TPSA) is 72.6 Å². The van der Waals surface area contributed by atoms with Crippen molar-refractivity contribution in [1.29, 1.82) is 0 Å². The lowest BCUT2D eigenvalue weighted by molar-refractivity contribution is -0.428. The number of fused-ring (bicyclic) bond motifs is 1. The Hall–Kier alpha value is -2.04. The molecule has 1 heterocycles. The van der Waals surface area contributed by atoms with Gasteiger partial charge in [0.1, 0.15) is 17.1 Å². The van der Waals surface area contributed by atoms with Crippen LogP contribution in [0.25, 0.3) is 0 Å². The average molecular weight is 432 g/mol. The van der Waals surface area contributed by atoms with E-state index >= 15 is 0 Å². The van der Waals surface area contributed by atoms with Gasteiger partial charge in [-0.15, -0.1) is 0 Å². The van der Waals surface area contributed by atoms with Crippen molar-refractivity contribution in [2.45, 2.75) is 117 Å². The molecule has 174 valence electrons. The smallest absolute Gasteiger partial charge is 0.242 e. The van der Waals surface area contributed by atoms with Gasteiger partial charge >= 0.3 is 0 Å². The predicted octanol–water partition coefficient (Wildman–Crippen LogP) is 7.48. The van der Waals surface area contributed by atoms with Gasteiger partial charge in [-0.2, -0.15) is 0 Å². The molecule has 1 N–H and O–H groups in total. The van der Waals surface area contributed by atoms with E-state index in [0.29, 0.717) is 17.9 Å². The summed E-state index contributed by atoms with van der Waals surface area (Å²) in [7, 11) is 0. The molecule has 1 atom stereocenters. The second kappa shape index (κ2) is 11.5. The summed E-state index contributed by atoms with van der Waals surface area (Å²) < 4.78 is 6.47. The third kappa shape index (κ3) is 6.72. The van der Waals surface area contributed by atoms with E-state index in [1.165, 1.54) is 19.3 Å². The summed E-state index contributed by atoms with van der Waals surface area (Å²) in [6.07, 6.45) is 13.4. The van der Waals surface area contributed by atoms with Gasteiger partial charge < -0.3 is 9.84 Å². The lowest BCUT2D eigenvalue weighted by atomic mass is 9.84. The van der Waals surface area contributed by atoms with E-state index in [4.69, 9.17) is 4.74 Å². The van der Waals surface area contributed by atoms with E-state index in [-0.39, 0.29) is 10.5 Å². The Balaban J connectivity index is 1.87. The normalized spacial score (nSPS) is 18.5. The Morgan fingerprint density at radius 2 is 1.81 bits per heavy atom. The lowest BCUT2D eigenvalue weighted by Crippen LogP contribution is -2.37. The fraction of sp³-hybridized carbons (Fsp3) is 0.692. The number of rotatable bonds is 12. The Bertz CT molecular complexity index is 799. The number of aromatic hydroxyl groups is 1. The summed E-state index contributed by atoms with van der Waals surface area (Å²) in [4.78, 5) is 11.2. The molecular formula is C26H41NO4. The molecule has 5 heteroatoms. The molecule has 1 aromatic rings. The van der Waals surface area contributed by atoms with E-state index in [9.17, 15) is 15.2 Å². The summed E-state index contributed by atoms with van der Waals surface area (Å²) in [5.41, 5.74) is 4.06. The zero-order valence-electron chi connectivity index (χ0n) is 20.2. The highest BCUT2D eigenvalue weighted by Crippen LogP contribution is 2.44. The second-order valence-corrected chi connectivity index (χ2v) is 9.45. The lowest BCUT2D eigenvalue weighted by Gasteiger charge is -2.38. The Morgan fingerprint density at radius 3 is 2.48 bits per heavy atom. The average Bonchev–Trinajstić information content (AvgIpc) is 2.74. The SMILES string of the molecule is CCCCCCC/C=C(/CCCCC1(C)CCc2c(C)c(O)c(C)c(C)c2O1)[N+](=O)[O-]. The highest BCUT2D eigenvalue weighted by molar-refractivity contribution is 5.58. The van der Waals surface area contributed by atoms with Gasteiger partial charge in [0.05, 0.1) is 4.92 Å². The largest absolute Gasteiger partial charge is 0.507 e.